The van der Waals surface area contributed by atoms with Crippen LogP contribution in [0.3, 0.4) is 0 Å². The standard InChI is InChI=1S/C11H11F2NO3S/c12-8-2-1-7(5-9(8)13)18-4-3-10(15)14-6-11(16)17/h1-2,5H,3-4,6H2,(H,14,15)(H,16,17). The first-order valence-corrected chi connectivity index (χ1v) is 6.04. The molecule has 1 aromatic carbocycles. The number of aliphatic carboxylic acids is 1. The first-order valence-electron chi connectivity index (χ1n) is 5.05. The predicted octanol–water partition coefficient (Wildman–Crippen LogP) is 1.65. The highest BCUT2D eigenvalue weighted by Crippen LogP contribution is 2.20. The highest BCUT2D eigenvalue weighted by Gasteiger charge is 2.06. The molecule has 0 aliphatic rings. The van der Waals surface area contributed by atoms with E-state index in [1.54, 1.807) is 0 Å². The van der Waals surface area contributed by atoms with E-state index in [1.165, 1.54) is 17.8 Å². The van der Waals surface area contributed by atoms with Gasteiger partial charge in [0.25, 0.3) is 0 Å². The molecule has 98 valence electrons. The monoisotopic (exact) mass is 275 g/mol. The van der Waals surface area contributed by atoms with Crippen molar-refractivity contribution < 1.29 is 23.5 Å². The number of halogens is 2. The summed E-state index contributed by atoms with van der Waals surface area (Å²) in [6.45, 7) is -0.422. The van der Waals surface area contributed by atoms with Crippen LogP contribution in [-0.2, 0) is 9.59 Å². The van der Waals surface area contributed by atoms with Gasteiger partial charge in [0.1, 0.15) is 6.54 Å². The van der Waals surface area contributed by atoms with Crippen molar-refractivity contribution in [3.05, 3.63) is 29.8 Å². The molecule has 1 rings (SSSR count). The summed E-state index contributed by atoms with van der Waals surface area (Å²) >= 11 is 1.19. The molecule has 0 fully saturated rings. The van der Waals surface area contributed by atoms with Crippen LogP contribution in [0.25, 0.3) is 0 Å². The molecule has 0 aliphatic heterocycles. The number of carboxylic acid groups (broad SMARTS) is 1. The Labute approximate surface area is 106 Å². The smallest absolute Gasteiger partial charge is 0.322 e. The van der Waals surface area contributed by atoms with Crippen LogP contribution >= 0.6 is 11.8 Å². The van der Waals surface area contributed by atoms with Crippen molar-refractivity contribution in [1.29, 1.82) is 0 Å². The quantitative estimate of drug-likeness (QED) is 0.775. The summed E-state index contributed by atoms with van der Waals surface area (Å²) in [6, 6.07) is 3.48. The average Bonchev–Trinajstić information content (AvgIpc) is 2.31. The molecule has 0 bridgehead atoms. The van der Waals surface area contributed by atoms with Gasteiger partial charge in [0, 0.05) is 17.1 Å². The molecule has 1 amide bonds. The number of nitrogens with one attached hydrogen (secondary N) is 1. The molecule has 0 radical (unpaired) electrons. The summed E-state index contributed by atoms with van der Waals surface area (Å²) < 4.78 is 25.5. The van der Waals surface area contributed by atoms with Crippen molar-refractivity contribution in [2.24, 2.45) is 0 Å². The lowest BCUT2D eigenvalue weighted by atomic mass is 10.3. The zero-order chi connectivity index (χ0) is 13.5. The third kappa shape index (κ3) is 5.13. The zero-order valence-electron chi connectivity index (χ0n) is 9.28. The number of rotatable bonds is 6. The third-order valence-corrected chi connectivity index (χ3v) is 2.92. The maximum absolute atomic E-state index is 12.8. The number of benzene rings is 1. The third-order valence-electron chi connectivity index (χ3n) is 1.93. The van der Waals surface area contributed by atoms with Gasteiger partial charge in [-0.05, 0) is 18.2 Å². The fourth-order valence-corrected chi connectivity index (χ4v) is 1.97. The van der Waals surface area contributed by atoms with Crippen molar-refractivity contribution >= 4 is 23.6 Å². The molecule has 0 saturated carbocycles. The van der Waals surface area contributed by atoms with Gasteiger partial charge in [-0.15, -0.1) is 11.8 Å². The fourth-order valence-electron chi connectivity index (χ4n) is 1.09. The minimum Gasteiger partial charge on any atom is -0.480 e. The minimum absolute atomic E-state index is 0.108. The molecule has 18 heavy (non-hydrogen) atoms. The lowest BCUT2D eigenvalue weighted by Gasteiger charge is -2.03. The Morgan fingerprint density at radius 2 is 2.00 bits per heavy atom. The van der Waals surface area contributed by atoms with Crippen LogP contribution in [0, 0.1) is 11.6 Å². The Hall–Kier alpha value is -1.63. The van der Waals surface area contributed by atoms with Crippen LogP contribution in [0.1, 0.15) is 6.42 Å². The molecule has 2 N–H and O–H groups in total. The maximum atomic E-state index is 12.8. The van der Waals surface area contributed by atoms with Gasteiger partial charge in [-0.25, -0.2) is 8.78 Å². The van der Waals surface area contributed by atoms with Crippen molar-refractivity contribution in [3.8, 4) is 0 Å². The van der Waals surface area contributed by atoms with Crippen molar-refractivity contribution in [1.82, 2.24) is 5.32 Å². The molecular formula is C11H11F2NO3S. The molecule has 0 aromatic heterocycles. The van der Waals surface area contributed by atoms with E-state index in [0.29, 0.717) is 10.6 Å². The van der Waals surface area contributed by atoms with Crippen molar-refractivity contribution in [3.63, 3.8) is 0 Å². The van der Waals surface area contributed by atoms with Crippen molar-refractivity contribution in [2.45, 2.75) is 11.3 Å². The van der Waals surface area contributed by atoms with Gasteiger partial charge in [0.05, 0.1) is 0 Å². The zero-order valence-corrected chi connectivity index (χ0v) is 10.1. The molecule has 7 heteroatoms. The molecular weight excluding hydrogens is 264 g/mol. The Bertz CT molecular complexity index is 454. The van der Waals surface area contributed by atoms with Gasteiger partial charge >= 0.3 is 5.97 Å². The van der Waals surface area contributed by atoms with E-state index < -0.39 is 30.1 Å². The number of amides is 1. The predicted molar refractivity (Wildman–Crippen MR) is 62.3 cm³/mol. The van der Waals surface area contributed by atoms with E-state index in [2.05, 4.69) is 5.32 Å². The SMILES string of the molecule is O=C(O)CNC(=O)CCSc1ccc(F)c(F)c1. The maximum Gasteiger partial charge on any atom is 0.322 e. The van der Waals surface area contributed by atoms with E-state index in [9.17, 15) is 18.4 Å². The second kappa shape index (κ2) is 6.95. The topological polar surface area (TPSA) is 66.4 Å². The lowest BCUT2D eigenvalue weighted by molar-refractivity contribution is -0.137. The van der Waals surface area contributed by atoms with Crippen LogP contribution in [0.5, 0.6) is 0 Å². The summed E-state index contributed by atoms with van der Waals surface area (Å²) in [5.41, 5.74) is 0. The average molecular weight is 275 g/mol. The molecule has 0 aliphatic carbocycles. The molecule has 0 unspecified atom stereocenters. The summed E-state index contributed by atoms with van der Waals surface area (Å²) in [4.78, 5) is 21.8. The Morgan fingerprint density at radius 1 is 1.28 bits per heavy atom. The Balaban J connectivity index is 2.30. The largest absolute Gasteiger partial charge is 0.480 e. The van der Waals surface area contributed by atoms with Gasteiger partial charge in [0.2, 0.25) is 5.91 Å². The van der Waals surface area contributed by atoms with Crippen LogP contribution in [-0.4, -0.2) is 29.3 Å². The van der Waals surface area contributed by atoms with Crippen LogP contribution < -0.4 is 5.32 Å². The molecule has 0 heterocycles. The second-order valence-electron chi connectivity index (χ2n) is 3.34. The van der Waals surface area contributed by atoms with E-state index in [-0.39, 0.29) is 6.42 Å². The first-order chi connectivity index (χ1) is 8.49. The Morgan fingerprint density at radius 3 is 2.61 bits per heavy atom. The minimum atomic E-state index is -1.11. The number of thioether (sulfide) groups is 1. The molecule has 0 atom stereocenters. The second-order valence-corrected chi connectivity index (χ2v) is 4.51. The highest BCUT2D eigenvalue weighted by molar-refractivity contribution is 7.99. The highest BCUT2D eigenvalue weighted by atomic mass is 32.2. The molecule has 0 saturated heterocycles. The van der Waals surface area contributed by atoms with Gasteiger partial charge in [-0.1, -0.05) is 0 Å². The number of hydrogen-bond donors (Lipinski definition) is 2. The molecule has 1 aromatic rings. The van der Waals surface area contributed by atoms with Gasteiger partial charge in [-0.2, -0.15) is 0 Å². The van der Waals surface area contributed by atoms with Gasteiger partial charge in [0.15, 0.2) is 11.6 Å². The lowest BCUT2D eigenvalue weighted by Crippen LogP contribution is -2.29. The molecule has 4 nitrogen and oxygen atoms in total. The van der Waals surface area contributed by atoms with Gasteiger partial charge in [-0.3, -0.25) is 9.59 Å². The fraction of sp³-hybridized carbons (Fsp3) is 0.273. The number of hydrogen-bond acceptors (Lipinski definition) is 3. The summed E-state index contributed by atoms with van der Waals surface area (Å²) in [5, 5.41) is 10.5. The van der Waals surface area contributed by atoms with E-state index >= 15 is 0 Å². The summed E-state index contributed by atoms with van der Waals surface area (Å²) in [5.74, 6) is -3.01. The Kier molecular flexibility index (Phi) is 5.57. The normalized spacial score (nSPS) is 10.1. The summed E-state index contributed by atoms with van der Waals surface area (Å²) in [6.07, 6.45) is 0.108. The van der Waals surface area contributed by atoms with E-state index in [4.69, 9.17) is 5.11 Å². The number of carbonyl (C=O) groups excluding carboxylic acids is 1. The van der Waals surface area contributed by atoms with E-state index in [0.717, 1.165) is 12.1 Å². The summed E-state index contributed by atoms with van der Waals surface area (Å²) in [7, 11) is 0. The first kappa shape index (κ1) is 14.4. The van der Waals surface area contributed by atoms with E-state index in [1.807, 2.05) is 0 Å². The number of carboxylic acids is 1. The molecule has 0 spiro atoms. The van der Waals surface area contributed by atoms with Crippen molar-refractivity contribution in [2.75, 3.05) is 12.3 Å². The van der Waals surface area contributed by atoms with Crippen LogP contribution in [0.4, 0.5) is 8.78 Å². The van der Waals surface area contributed by atoms with Gasteiger partial charge < -0.3 is 10.4 Å². The number of carbonyl (C=O) groups is 2. The van der Waals surface area contributed by atoms with Crippen LogP contribution in [0.2, 0.25) is 0 Å². The van der Waals surface area contributed by atoms with Crippen LogP contribution in [0.15, 0.2) is 23.1 Å².